The highest BCUT2D eigenvalue weighted by Gasteiger charge is 2.28. The fourth-order valence-electron chi connectivity index (χ4n) is 2.81. The van der Waals surface area contributed by atoms with E-state index in [2.05, 4.69) is 13.8 Å². The molecule has 0 spiro atoms. The number of hydrogen-bond acceptors (Lipinski definition) is 4. The molecule has 0 rings (SSSR count). The molecule has 0 radical (unpaired) electrons. The lowest BCUT2D eigenvalue weighted by Crippen LogP contribution is -2.27. The Morgan fingerprint density at radius 2 is 1.24 bits per heavy atom. The van der Waals surface area contributed by atoms with Crippen LogP contribution in [0.25, 0.3) is 0 Å². The number of hydrogen-bond donors (Lipinski definition) is 3. The minimum Gasteiger partial charge on any atom is -0.511 e. The number of ketones is 1. The summed E-state index contributed by atoms with van der Waals surface area (Å²) in [5.41, 5.74) is -0.644. The Bertz CT molecular complexity index is 414. The lowest BCUT2D eigenvalue weighted by atomic mass is 9.98. The van der Waals surface area contributed by atoms with Crippen LogP contribution in [0.4, 0.5) is 0 Å². The maximum Gasteiger partial charge on any atom is 0.342 e. The third-order valence-corrected chi connectivity index (χ3v) is 4.40. The third kappa shape index (κ3) is 11.0. The van der Waals surface area contributed by atoms with E-state index in [0.29, 0.717) is 12.8 Å². The van der Waals surface area contributed by atoms with E-state index < -0.39 is 29.2 Å². The number of rotatable bonds is 16. The molecule has 25 heavy (non-hydrogen) atoms. The monoisotopic (exact) mass is 356 g/mol. The Labute approximate surface area is 152 Å². The molecule has 0 aromatic carbocycles. The highest BCUT2D eigenvalue weighted by atomic mass is 16.4. The molecule has 0 amide bonds. The molecule has 3 N–H and O–H groups in total. The molecule has 0 aromatic heterocycles. The van der Waals surface area contributed by atoms with Crippen molar-refractivity contribution in [3.8, 4) is 0 Å². The molecular formula is C20H36O5. The van der Waals surface area contributed by atoms with Crippen molar-refractivity contribution in [2.45, 2.75) is 103 Å². The first-order valence-corrected chi connectivity index (χ1v) is 9.83. The second-order valence-corrected chi connectivity index (χ2v) is 6.73. The molecule has 0 aliphatic carbocycles. The van der Waals surface area contributed by atoms with E-state index in [1.165, 1.54) is 6.42 Å². The van der Waals surface area contributed by atoms with Crippen LogP contribution in [0.1, 0.15) is 97.3 Å². The minimum atomic E-state index is -1.46. The number of carboxylic acids is 1. The van der Waals surface area contributed by atoms with Gasteiger partial charge in [-0.25, -0.2) is 4.79 Å². The standard InChI is InChI=1S/C20H36O5/c1-3-5-7-9-11-13-15-17(22)19(23)18(20(24)25)16(21)14-12-10-8-6-4-2/h17,21-22H,3-15H2,1-2H3,(H,24,25). The van der Waals surface area contributed by atoms with E-state index in [0.717, 1.165) is 51.4 Å². The average Bonchev–Trinajstić information content (AvgIpc) is 2.57. The molecule has 0 aliphatic rings. The van der Waals surface area contributed by atoms with Gasteiger partial charge in [0, 0.05) is 6.42 Å². The molecule has 0 bridgehead atoms. The SMILES string of the molecule is CCCCCCCCC(O)C(=O)C(C(=O)O)=C(O)CCCCCCC. The Hall–Kier alpha value is -1.36. The Balaban J connectivity index is 4.44. The number of aliphatic hydroxyl groups is 2. The minimum absolute atomic E-state index is 0.167. The van der Waals surface area contributed by atoms with Gasteiger partial charge in [0.25, 0.3) is 0 Å². The quantitative estimate of drug-likeness (QED) is 0.120. The number of unbranched alkanes of at least 4 members (excludes halogenated alkanes) is 9. The predicted molar refractivity (Wildman–Crippen MR) is 99.7 cm³/mol. The average molecular weight is 357 g/mol. The van der Waals surface area contributed by atoms with Gasteiger partial charge in [0.05, 0.1) is 0 Å². The molecule has 146 valence electrons. The molecule has 5 nitrogen and oxygen atoms in total. The van der Waals surface area contributed by atoms with Crippen molar-refractivity contribution < 1.29 is 24.9 Å². The molecule has 0 aromatic rings. The molecule has 0 aliphatic heterocycles. The molecule has 1 unspecified atom stereocenters. The van der Waals surface area contributed by atoms with Gasteiger partial charge in [0.1, 0.15) is 17.4 Å². The number of allylic oxidation sites excluding steroid dienone is 1. The molecule has 5 heteroatoms. The second-order valence-electron chi connectivity index (χ2n) is 6.73. The number of carboxylic acid groups (broad SMARTS) is 1. The van der Waals surface area contributed by atoms with Crippen LogP contribution in [0.5, 0.6) is 0 Å². The van der Waals surface area contributed by atoms with Crippen LogP contribution in [-0.2, 0) is 9.59 Å². The highest BCUT2D eigenvalue weighted by molar-refractivity contribution is 6.18. The lowest BCUT2D eigenvalue weighted by molar-refractivity contribution is -0.136. The van der Waals surface area contributed by atoms with E-state index in [4.69, 9.17) is 0 Å². The van der Waals surface area contributed by atoms with Gasteiger partial charge in [-0.15, -0.1) is 0 Å². The van der Waals surface area contributed by atoms with Crippen molar-refractivity contribution >= 4 is 11.8 Å². The topological polar surface area (TPSA) is 94.8 Å². The van der Waals surface area contributed by atoms with Gasteiger partial charge < -0.3 is 15.3 Å². The van der Waals surface area contributed by atoms with Gasteiger partial charge in [0.2, 0.25) is 5.78 Å². The van der Waals surface area contributed by atoms with Gasteiger partial charge in [-0.2, -0.15) is 0 Å². The van der Waals surface area contributed by atoms with Crippen LogP contribution in [0.15, 0.2) is 11.3 Å². The number of aliphatic hydroxyl groups excluding tert-OH is 2. The predicted octanol–water partition coefficient (Wildman–Crippen LogP) is 4.92. The molecule has 0 heterocycles. The normalized spacial score (nSPS) is 13.4. The van der Waals surface area contributed by atoms with E-state index in [1.54, 1.807) is 0 Å². The van der Waals surface area contributed by atoms with Crippen molar-refractivity contribution in [1.82, 2.24) is 0 Å². The summed E-state index contributed by atoms with van der Waals surface area (Å²) < 4.78 is 0. The summed E-state index contributed by atoms with van der Waals surface area (Å²) in [6, 6.07) is 0. The number of aliphatic carboxylic acids is 1. The van der Waals surface area contributed by atoms with E-state index in [-0.39, 0.29) is 12.8 Å². The molecular weight excluding hydrogens is 320 g/mol. The van der Waals surface area contributed by atoms with Crippen LogP contribution in [0.2, 0.25) is 0 Å². The number of carbonyl (C=O) groups is 2. The summed E-state index contributed by atoms with van der Waals surface area (Å²) in [5, 5.41) is 29.2. The summed E-state index contributed by atoms with van der Waals surface area (Å²) in [7, 11) is 0. The summed E-state index contributed by atoms with van der Waals surface area (Å²) in [6.45, 7) is 4.24. The summed E-state index contributed by atoms with van der Waals surface area (Å²) >= 11 is 0. The largest absolute Gasteiger partial charge is 0.511 e. The molecule has 1 atom stereocenters. The van der Waals surface area contributed by atoms with Crippen LogP contribution in [0, 0.1) is 0 Å². The summed E-state index contributed by atoms with van der Waals surface area (Å²) in [6.07, 6.45) is 9.96. The van der Waals surface area contributed by atoms with Crippen molar-refractivity contribution in [3.05, 3.63) is 11.3 Å². The molecule has 0 fully saturated rings. The van der Waals surface area contributed by atoms with Crippen molar-refractivity contribution in [2.24, 2.45) is 0 Å². The maximum absolute atomic E-state index is 12.2. The first-order chi connectivity index (χ1) is 12.0. The second kappa shape index (κ2) is 14.9. The van der Waals surface area contributed by atoms with Crippen LogP contribution >= 0.6 is 0 Å². The number of Topliss-reactive ketones (excluding diaryl/α,β-unsaturated/α-hetero) is 1. The first-order valence-electron chi connectivity index (χ1n) is 9.83. The van der Waals surface area contributed by atoms with Gasteiger partial charge >= 0.3 is 5.97 Å². The zero-order chi connectivity index (χ0) is 19.1. The Morgan fingerprint density at radius 3 is 1.76 bits per heavy atom. The smallest absolute Gasteiger partial charge is 0.342 e. The summed E-state index contributed by atoms with van der Waals surface area (Å²) in [5.74, 6) is -2.74. The fourth-order valence-corrected chi connectivity index (χ4v) is 2.81. The van der Waals surface area contributed by atoms with Crippen molar-refractivity contribution in [1.29, 1.82) is 0 Å². The maximum atomic E-state index is 12.2. The fraction of sp³-hybridized carbons (Fsp3) is 0.800. The highest BCUT2D eigenvalue weighted by Crippen LogP contribution is 2.17. The number of carbonyl (C=O) groups excluding carboxylic acids is 1. The van der Waals surface area contributed by atoms with Crippen LogP contribution in [-0.4, -0.2) is 33.2 Å². The molecule has 0 saturated heterocycles. The van der Waals surface area contributed by atoms with Gasteiger partial charge in [-0.05, 0) is 12.8 Å². The van der Waals surface area contributed by atoms with Crippen molar-refractivity contribution in [3.63, 3.8) is 0 Å². The zero-order valence-electron chi connectivity index (χ0n) is 15.9. The summed E-state index contributed by atoms with van der Waals surface area (Å²) in [4.78, 5) is 23.5. The van der Waals surface area contributed by atoms with Gasteiger partial charge in [-0.1, -0.05) is 78.1 Å². The lowest BCUT2D eigenvalue weighted by Gasteiger charge is -2.12. The van der Waals surface area contributed by atoms with E-state index >= 15 is 0 Å². The van der Waals surface area contributed by atoms with Gasteiger partial charge in [-0.3, -0.25) is 4.79 Å². The van der Waals surface area contributed by atoms with Crippen LogP contribution in [0.3, 0.4) is 0 Å². The van der Waals surface area contributed by atoms with Crippen molar-refractivity contribution in [2.75, 3.05) is 0 Å². The van der Waals surface area contributed by atoms with Crippen LogP contribution < -0.4 is 0 Å². The first kappa shape index (κ1) is 23.6. The zero-order valence-corrected chi connectivity index (χ0v) is 15.9. The van der Waals surface area contributed by atoms with E-state index in [1.807, 2.05) is 0 Å². The molecule has 0 saturated carbocycles. The van der Waals surface area contributed by atoms with Gasteiger partial charge in [0.15, 0.2) is 0 Å². The Morgan fingerprint density at radius 1 is 0.760 bits per heavy atom. The Kier molecular flexibility index (Phi) is 14.1. The third-order valence-electron chi connectivity index (χ3n) is 4.40. The van der Waals surface area contributed by atoms with E-state index in [9.17, 15) is 24.9 Å².